The van der Waals surface area contributed by atoms with Gasteiger partial charge in [0.1, 0.15) is 0 Å². The molecular weight excluding hydrogens is 508 g/mol. The molecule has 0 radical (unpaired) electrons. The molecule has 0 bridgehead atoms. The second kappa shape index (κ2) is 12.9. The highest BCUT2D eigenvalue weighted by Crippen LogP contribution is 2.76. The van der Waals surface area contributed by atoms with Gasteiger partial charge in [-0.3, -0.25) is 4.44 Å². The number of benzene rings is 4. The number of unbranched alkanes of at least 4 members (excludes halogenated alkanes) is 1. The Morgan fingerprint density at radius 2 is 1.05 bits per heavy atom. The summed E-state index contributed by atoms with van der Waals surface area (Å²) in [5, 5.41) is 2.95. The fraction of sp³-hybridized carbons (Fsp3) is 0.333. The number of aryl methyl sites for hydroxylation is 4. The fourth-order valence-corrected chi connectivity index (χ4v) is 13.8. The maximum Gasteiger partial charge on any atom is 0.0318 e. The van der Waals surface area contributed by atoms with Crippen molar-refractivity contribution in [1.29, 1.82) is 0 Å². The van der Waals surface area contributed by atoms with Gasteiger partial charge in [-0.15, -0.1) is 0 Å². The first-order valence-electron chi connectivity index (χ1n) is 14.6. The van der Waals surface area contributed by atoms with E-state index in [4.69, 9.17) is 0 Å². The van der Waals surface area contributed by atoms with Gasteiger partial charge in [-0.05, 0) is 76.8 Å². The highest BCUT2D eigenvalue weighted by Gasteiger charge is 2.44. The molecule has 4 aromatic rings. The summed E-state index contributed by atoms with van der Waals surface area (Å²) < 4.78 is 3.04. The van der Waals surface area contributed by atoms with Crippen molar-refractivity contribution in [3.63, 3.8) is 0 Å². The van der Waals surface area contributed by atoms with Crippen molar-refractivity contribution in [3.8, 4) is 0 Å². The Balaban J connectivity index is 1.70. The molecule has 4 aromatic carbocycles. The Morgan fingerprint density at radius 3 is 1.44 bits per heavy atom. The van der Waals surface area contributed by atoms with Crippen LogP contribution in [0.4, 0.5) is 0 Å². The standard InChI is InChI=1S/C36H43NP2/c1-6-7-20-37(38(33-14-10-8-11-15-33)34-16-12-9-13-17-34)39-35(31-23-27(2)21-28(3)24-31)18-19-36(39)32-25-29(4)22-30(5)26-32/h8-17,21-26,35-36H,6-7,18-20H2,1-5H3/t35-,36-/m0/s1. The van der Waals surface area contributed by atoms with Crippen LogP contribution in [0, 0.1) is 27.7 Å². The molecule has 0 spiro atoms. The first kappa shape index (κ1) is 28.2. The molecule has 0 aromatic heterocycles. The van der Waals surface area contributed by atoms with Crippen molar-refractivity contribution in [2.24, 2.45) is 0 Å². The maximum absolute atomic E-state index is 3.04. The van der Waals surface area contributed by atoms with Gasteiger partial charge in [0.25, 0.3) is 0 Å². The Kier molecular flexibility index (Phi) is 9.35. The topological polar surface area (TPSA) is 3.24 Å². The van der Waals surface area contributed by atoms with E-state index in [1.54, 1.807) is 11.1 Å². The van der Waals surface area contributed by atoms with E-state index in [-0.39, 0.29) is 0 Å². The Bertz CT molecular complexity index is 1230. The third-order valence-corrected chi connectivity index (χ3v) is 14.3. The predicted molar refractivity (Wildman–Crippen MR) is 174 cm³/mol. The molecule has 202 valence electrons. The monoisotopic (exact) mass is 551 g/mol. The van der Waals surface area contributed by atoms with Crippen LogP contribution < -0.4 is 10.6 Å². The molecule has 3 heteroatoms. The van der Waals surface area contributed by atoms with Crippen molar-refractivity contribution in [2.75, 3.05) is 6.54 Å². The quantitative estimate of drug-likeness (QED) is 0.187. The van der Waals surface area contributed by atoms with Crippen molar-refractivity contribution in [3.05, 3.63) is 130 Å². The Morgan fingerprint density at radius 1 is 0.641 bits per heavy atom. The lowest BCUT2D eigenvalue weighted by atomic mass is 9.99. The van der Waals surface area contributed by atoms with Gasteiger partial charge in [0.2, 0.25) is 0 Å². The van der Waals surface area contributed by atoms with Crippen molar-refractivity contribution < 1.29 is 0 Å². The molecular formula is C36H43NP2. The summed E-state index contributed by atoms with van der Waals surface area (Å²) in [5.41, 5.74) is 9.85. The van der Waals surface area contributed by atoms with Gasteiger partial charge in [-0.2, -0.15) is 0 Å². The second-order valence-corrected chi connectivity index (χ2v) is 16.2. The summed E-state index contributed by atoms with van der Waals surface area (Å²) in [7, 11) is -1.11. The molecule has 0 unspecified atom stereocenters. The third-order valence-electron chi connectivity index (χ3n) is 7.82. The molecule has 0 amide bonds. The molecule has 2 atom stereocenters. The van der Waals surface area contributed by atoms with Crippen molar-refractivity contribution >= 4 is 26.8 Å². The lowest BCUT2D eigenvalue weighted by Gasteiger charge is -2.42. The van der Waals surface area contributed by atoms with E-state index in [1.807, 2.05) is 0 Å². The largest absolute Gasteiger partial charge is 0.251 e. The molecule has 1 nitrogen and oxygen atoms in total. The molecule has 1 aliphatic rings. The van der Waals surface area contributed by atoms with Crippen LogP contribution in [0.2, 0.25) is 0 Å². The van der Waals surface area contributed by atoms with Crippen LogP contribution >= 0.6 is 16.1 Å². The lowest BCUT2D eigenvalue weighted by Crippen LogP contribution is -2.27. The molecule has 1 heterocycles. The van der Waals surface area contributed by atoms with Crippen molar-refractivity contribution in [2.45, 2.75) is 71.6 Å². The SMILES string of the molecule is CCCCN(P(c1ccccc1)c1ccccc1)P1[C@H](c2cc(C)cc(C)c2)CC[C@H]1c1cc(C)cc(C)c1. The maximum atomic E-state index is 3.04. The number of nitrogens with zero attached hydrogens (tertiary/aromatic N) is 1. The zero-order valence-electron chi connectivity index (χ0n) is 24.3. The highest BCUT2D eigenvalue weighted by molar-refractivity contribution is 7.79. The minimum atomic E-state index is -0.639. The van der Waals surface area contributed by atoms with Crippen LogP contribution in [0.5, 0.6) is 0 Å². The average Bonchev–Trinajstić information content (AvgIpc) is 3.36. The van der Waals surface area contributed by atoms with Gasteiger partial charge in [-0.1, -0.05) is 133 Å². The molecule has 39 heavy (non-hydrogen) atoms. The average molecular weight is 552 g/mol. The van der Waals surface area contributed by atoms with Crippen LogP contribution in [0.15, 0.2) is 97.1 Å². The molecule has 5 rings (SSSR count). The van der Waals surface area contributed by atoms with Gasteiger partial charge in [0.05, 0.1) is 0 Å². The molecule has 0 saturated carbocycles. The number of hydrogen-bond donors (Lipinski definition) is 0. The number of rotatable bonds is 9. The summed E-state index contributed by atoms with van der Waals surface area (Å²) >= 11 is 0. The van der Waals surface area contributed by atoms with E-state index in [1.165, 1.54) is 58.5 Å². The predicted octanol–water partition coefficient (Wildman–Crippen LogP) is 10.0. The molecule has 1 aliphatic heterocycles. The van der Waals surface area contributed by atoms with Gasteiger partial charge in [0.15, 0.2) is 0 Å². The minimum absolute atomic E-state index is 0.474. The normalized spacial score (nSPS) is 17.8. The number of hydrogen-bond acceptors (Lipinski definition) is 1. The molecule has 0 N–H and O–H groups in total. The lowest BCUT2D eigenvalue weighted by molar-refractivity contribution is 0.632. The first-order valence-corrected chi connectivity index (χ1v) is 17.3. The van der Waals surface area contributed by atoms with E-state index < -0.39 is 16.1 Å². The molecule has 0 aliphatic carbocycles. The Labute approximate surface area is 239 Å². The second-order valence-electron chi connectivity index (χ2n) is 11.3. The zero-order chi connectivity index (χ0) is 27.4. The summed E-state index contributed by atoms with van der Waals surface area (Å²) in [6.45, 7) is 12.6. The van der Waals surface area contributed by atoms with Gasteiger partial charge in [-0.25, -0.2) is 0 Å². The summed E-state index contributed by atoms with van der Waals surface area (Å²) in [6, 6.07) is 37.4. The Hall–Kier alpha value is -2.30. The van der Waals surface area contributed by atoms with E-state index in [0.717, 1.165) is 6.54 Å². The van der Waals surface area contributed by atoms with Crippen LogP contribution in [-0.2, 0) is 0 Å². The van der Waals surface area contributed by atoms with E-state index in [2.05, 4.69) is 136 Å². The van der Waals surface area contributed by atoms with Crippen LogP contribution in [0.25, 0.3) is 0 Å². The van der Waals surface area contributed by atoms with Crippen LogP contribution in [0.1, 0.15) is 77.3 Å². The summed E-state index contributed by atoms with van der Waals surface area (Å²) in [5.74, 6) is 0. The first-order chi connectivity index (χ1) is 18.9. The van der Waals surface area contributed by atoms with Gasteiger partial charge in [0, 0.05) is 25.9 Å². The van der Waals surface area contributed by atoms with Gasteiger partial charge >= 0.3 is 0 Å². The highest BCUT2D eigenvalue weighted by atomic mass is 31.2. The summed E-state index contributed by atoms with van der Waals surface area (Å²) in [6.07, 6.45) is 4.98. The zero-order valence-corrected chi connectivity index (χ0v) is 26.1. The molecule has 1 saturated heterocycles. The van der Waals surface area contributed by atoms with E-state index in [9.17, 15) is 0 Å². The van der Waals surface area contributed by atoms with E-state index in [0.29, 0.717) is 11.3 Å². The molecule has 1 fully saturated rings. The van der Waals surface area contributed by atoms with E-state index >= 15 is 0 Å². The van der Waals surface area contributed by atoms with Crippen molar-refractivity contribution in [1.82, 2.24) is 4.44 Å². The minimum Gasteiger partial charge on any atom is -0.251 e. The van der Waals surface area contributed by atoms with Crippen LogP contribution in [0.3, 0.4) is 0 Å². The smallest absolute Gasteiger partial charge is 0.0318 e. The van der Waals surface area contributed by atoms with Crippen LogP contribution in [-0.4, -0.2) is 11.0 Å². The fourth-order valence-electron chi connectivity index (χ4n) is 6.33. The third kappa shape index (κ3) is 6.55. The van der Waals surface area contributed by atoms with Gasteiger partial charge < -0.3 is 0 Å². The summed E-state index contributed by atoms with van der Waals surface area (Å²) in [4.78, 5) is 0.